The van der Waals surface area contributed by atoms with Crippen molar-refractivity contribution >= 4 is 27.9 Å². The molecule has 0 saturated heterocycles. The van der Waals surface area contributed by atoms with E-state index >= 15 is 0 Å². The first kappa shape index (κ1) is 13.0. The van der Waals surface area contributed by atoms with Crippen LogP contribution in [0.1, 0.15) is 24.5 Å². The molecule has 0 spiro atoms. The van der Waals surface area contributed by atoms with Gasteiger partial charge in [0.1, 0.15) is 0 Å². The van der Waals surface area contributed by atoms with Crippen molar-refractivity contribution in [3.8, 4) is 0 Å². The number of carbonyl (C=O) groups excluding carboxylic acids is 1. The van der Waals surface area contributed by atoms with Gasteiger partial charge in [-0.3, -0.25) is 4.79 Å². The van der Waals surface area contributed by atoms with Gasteiger partial charge in [0.05, 0.1) is 0 Å². The summed E-state index contributed by atoms with van der Waals surface area (Å²) < 4.78 is 1.10. The fraction of sp³-hybridized carbons (Fsp3) is 0.308. The molecule has 1 N–H and O–H groups in total. The van der Waals surface area contributed by atoms with Crippen molar-refractivity contribution in [1.29, 1.82) is 0 Å². The molecule has 3 heteroatoms. The third-order valence-electron chi connectivity index (χ3n) is 2.14. The van der Waals surface area contributed by atoms with Gasteiger partial charge in [-0.1, -0.05) is 40.2 Å². The second-order valence-corrected chi connectivity index (χ2v) is 4.55. The molecule has 1 amide bonds. The molecule has 0 bridgehead atoms. The molecule has 2 nitrogen and oxygen atoms in total. The maximum absolute atomic E-state index is 10.6. The zero-order chi connectivity index (χ0) is 12.0. The van der Waals surface area contributed by atoms with Crippen LogP contribution in [0.2, 0.25) is 0 Å². The molecule has 0 aliphatic carbocycles. The maximum atomic E-state index is 10.6. The molecular weight excluding hydrogens is 266 g/mol. The number of halogens is 1. The smallest absolute Gasteiger partial charge is 0.216 e. The predicted octanol–water partition coefficient (Wildman–Crippen LogP) is 3.30. The van der Waals surface area contributed by atoms with Crippen molar-refractivity contribution in [2.45, 2.75) is 20.3 Å². The Kier molecular flexibility index (Phi) is 5.26. The van der Waals surface area contributed by atoms with Gasteiger partial charge in [0, 0.05) is 17.9 Å². The minimum absolute atomic E-state index is 0.0184. The number of amides is 1. The summed E-state index contributed by atoms with van der Waals surface area (Å²) in [5.41, 5.74) is 2.40. The zero-order valence-electron chi connectivity index (χ0n) is 9.59. The molecule has 1 aromatic rings. The summed E-state index contributed by atoms with van der Waals surface area (Å²) in [6, 6.07) is 6.25. The van der Waals surface area contributed by atoms with Crippen LogP contribution in [-0.2, 0) is 4.79 Å². The molecule has 86 valence electrons. The van der Waals surface area contributed by atoms with Crippen LogP contribution >= 0.6 is 15.9 Å². The Labute approximate surface area is 105 Å². The molecular formula is C13H16BrNO. The maximum Gasteiger partial charge on any atom is 0.216 e. The number of benzene rings is 1. The molecule has 0 fully saturated rings. The van der Waals surface area contributed by atoms with Crippen molar-refractivity contribution in [2.24, 2.45) is 0 Å². The van der Waals surface area contributed by atoms with Crippen LogP contribution < -0.4 is 5.32 Å². The van der Waals surface area contributed by atoms with Gasteiger partial charge >= 0.3 is 0 Å². The first-order valence-electron chi connectivity index (χ1n) is 5.26. The first-order chi connectivity index (χ1) is 7.59. The lowest BCUT2D eigenvalue weighted by molar-refractivity contribution is -0.118. The Morgan fingerprint density at radius 3 is 2.88 bits per heavy atom. The predicted molar refractivity (Wildman–Crippen MR) is 71.2 cm³/mol. The van der Waals surface area contributed by atoms with E-state index in [-0.39, 0.29) is 5.91 Å². The van der Waals surface area contributed by atoms with E-state index in [1.807, 2.05) is 0 Å². The van der Waals surface area contributed by atoms with E-state index in [0.29, 0.717) is 6.54 Å². The minimum atomic E-state index is 0.0184. The van der Waals surface area contributed by atoms with Crippen molar-refractivity contribution in [3.05, 3.63) is 39.9 Å². The van der Waals surface area contributed by atoms with E-state index in [2.05, 4.69) is 58.5 Å². The number of rotatable bonds is 4. The fourth-order valence-electron chi connectivity index (χ4n) is 1.31. The Hall–Kier alpha value is -1.09. The van der Waals surface area contributed by atoms with Gasteiger partial charge < -0.3 is 5.32 Å². The van der Waals surface area contributed by atoms with Gasteiger partial charge in [0.25, 0.3) is 0 Å². The van der Waals surface area contributed by atoms with E-state index in [1.165, 1.54) is 12.5 Å². The van der Waals surface area contributed by atoms with Crippen LogP contribution in [-0.4, -0.2) is 12.5 Å². The first-order valence-corrected chi connectivity index (χ1v) is 6.06. The molecule has 0 aromatic heterocycles. The van der Waals surface area contributed by atoms with Gasteiger partial charge in [-0.25, -0.2) is 0 Å². The van der Waals surface area contributed by atoms with E-state index in [0.717, 1.165) is 16.5 Å². The number of hydrogen-bond acceptors (Lipinski definition) is 1. The largest absolute Gasteiger partial charge is 0.356 e. The fourth-order valence-corrected chi connectivity index (χ4v) is 1.93. The van der Waals surface area contributed by atoms with Crippen LogP contribution in [0.3, 0.4) is 0 Å². The Balaban J connectivity index is 2.47. The molecule has 16 heavy (non-hydrogen) atoms. The molecule has 1 rings (SSSR count). The van der Waals surface area contributed by atoms with Crippen LogP contribution in [0, 0.1) is 6.92 Å². The summed E-state index contributed by atoms with van der Waals surface area (Å²) in [6.45, 7) is 4.28. The lowest BCUT2D eigenvalue weighted by Gasteiger charge is -2.00. The highest BCUT2D eigenvalue weighted by molar-refractivity contribution is 9.10. The second-order valence-electron chi connectivity index (χ2n) is 3.70. The summed E-state index contributed by atoms with van der Waals surface area (Å²) in [5.74, 6) is 0.0184. The highest BCUT2D eigenvalue weighted by Crippen LogP contribution is 2.19. The highest BCUT2D eigenvalue weighted by Gasteiger charge is 1.95. The Bertz CT molecular complexity index is 399. The molecule has 0 heterocycles. The summed E-state index contributed by atoms with van der Waals surface area (Å²) in [4.78, 5) is 10.6. The Morgan fingerprint density at radius 1 is 1.50 bits per heavy atom. The van der Waals surface area contributed by atoms with Crippen molar-refractivity contribution in [3.63, 3.8) is 0 Å². The van der Waals surface area contributed by atoms with E-state index in [1.54, 1.807) is 0 Å². The van der Waals surface area contributed by atoms with Crippen molar-refractivity contribution in [2.75, 3.05) is 6.54 Å². The van der Waals surface area contributed by atoms with Crippen LogP contribution in [0.4, 0.5) is 0 Å². The SMILES string of the molecule is CC(=O)NCCC=Cc1ccc(C)cc1Br. The molecule has 0 radical (unpaired) electrons. The number of aryl methyl sites for hydroxylation is 1. The standard InChI is InChI=1S/C13H16BrNO/c1-10-6-7-12(13(14)9-10)5-3-4-8-15-11(2)16/h3,5-7,9H,4,8H2,1-2H3,(H,15,16). The third kappa shape index (κ3) is 4.62. The van der Waals surface area contributed by atoms with Gasteiger partial charge in [-0.15, -0.1) is 0 Å². The number of nitrogens with one attached hydrogen (secondary N) is 1. The van der Waals surface area contributed by atoms with Crippen molar-refractivity contribution < 1.29 is 4.79 Å². The topological polar surface area (TPSA) is 29.1 Å². The average molecular weight is 282 g/mol. The molecule has 1 aromatic carbocycles. The molecule has 0 aliphatic heterocycles. The van der Waals surface area contributed by atoms with Gasteiger partial charge in [0.15, 0.2) is 0 Å². The molecule has 0 atom stereocenters. The summed E-state index contributed by atoms with van der Waals surface area (Å²) in [7, 11) is 0. The number of hydrogen-bond donors (Lipinski definition) is 1. The molecule has 0 saturated carbocycles. The normalized spacial score (nSPS) is 10.7. The number of carbonyl (C=O) groups is 1. The Morgan fingerprint density at radius 2 is 2.25 bits per heavy atom. The van der Waals surface area contributed by atoms with Crippen LogP contribution in [0.5, 0.6) is 0 Å². The summed E-state index contributed by atoms with van der Waals surface area (Å²) in [6.07, 6.45) is 4.97. The lowest BCUT2D eigenvalue weighted by Crippen LogP contribution is -2.20. The summed E-state index contributed by atoms with van der Waals surface area (Å²) >= 11 is 3.52. The van der Waals surface area contributed by atoms with Crippen LogP contribution in [0.15, 0.2) is 28.7 Å². The van der Waals surface area contributed by atoms with Crippen LogP contribution in [0.25, 0.3) is 6.08 Å². The van der Waals surface area contributed by atoms with Gasteiger partial charge in [0.2, 0.25) is 5.91 Å². The second kappa shape index (κ2) is 6.48. The molecule has 0 unspecified atom stereocenters. The van der Waals surface area contributed by atoms with E-state index in [9.17, 15) is 4.79 Å². The lowest BCUT2D eigenvalue weighted by atomic mass is 10.1. The van der Waals surface area contributed by atoms with E-state index < -0.39 is 0 Å². The third-order valence-corrected chi connectivity index (χ3v) is 2.83. The van der Waals surface area contributed by atoms with Gasteiger partial charge in [-0.2, -0.15) is 0 Å². The summed E-state index contributed by atoms with van der Waals surface area (Å²) in [5, 5.41) is 2.75. The van der Waals surface area contributed by atoms with Crippen molar-refractivity contribution in [1.82, 2.24) is 5.32 Å². The highest BCUT2D eigenvalue weighted by atomic mass is 79.9. The van der Waals surface area contributed by atoms with Gasteiger partial charge in [-0.05, 0) is 30.5 Å². The average Bonchev–Trinajstić information content (AvgIpc) is 2.20. The van der Waals surface area contributed by atoms with E-state index in [4.69, 9.17) is 0 Å². The quantitative estimate of drug-likeness (QED) is 0.843. The monoisotopic (exact) mass is 281 g/mol. The minimum Gasteiger partial charge on any atom is -0.356 e. The molecule has 0 aliphatic rings. The zero-order valence-corrected chi connectivity index (χ0v) is 11.2.